The minimum absolute atomic E-state index is 0.0942. The van der Waals surface area contributed by atoms with Crippen molar-refractivity contribution in [2.24, 2.45) is 0 Å². The van der Waals surface area contributed by atoms with Gasteiger partial charge in [-0.1, -0.05) is 12.1 Å². The SMILES string of the molecule is COc1ccc2[nH]cc(C(c3cccc([N+](=O)[O-])c3)N(C)C)c2c1. The number of fused-ring (bicyclic) bond motifs is 1. The molecule has 0 aliphatic carbocycles. The topological polar surface area (TPSA) is 71.4 Å². The summed E-state index contributed by atoms with van der Waals surface area (Å²) in [4.78, 5) is 16.0. The van der Waals surface area contributed by atoms with Crippen molar-refractivity contribution in [3.05, 3.63) is 69.9 Å². The predicted octanol–water partition coefficient (Wildman–Crippen LogP) is 3.74. The van der Waals surface area contributed by atoms with E-state index in [-0.39, 0.29) is 16.7 Å². The third-order valence-corrected chi connectivity index (χ3v) is 4.13. The van der Waals surface area contributed by atoms with E-state index in [1.807, 2.05) is 49.5 Å². The Morgan fingerprint density at radius 1 is 1.21 bits per heavy atom. The van der Waals surface area contributed by atoms with Crippen molar-refractivity contribution in [1.29, 1.82) is 0 Å². The van der Waals surface area contributed by atoms with Gasteiger partial charge in [-0.05, 0) is 43.4 Å². The molecule has 1 atom stereocenters. The van der Waals surface area contributed by atoms with Crippen molar-refractivity contribution in [3.63, 3.8) is 0 Å². The number of H-pyrrole nitrogens is 1. The molecule has 0 bridgehead atoms. The molecule has 3 rings (SSSR count). The van der Waals surface area contributed by atoms with Gasteiger partial charge >= 0.3 is 0 Å². The smallest absolute Gasteiger partial charge is 0.269 e. The number of hydrogen-bond acceptors (Lipinski definition) is 4. The maximum atomic E-state index is 11.1. The van der Waals surface area contributed by atoms with E-state index in [0.717, 1.165) is 27.8 Å². The molecule has 24 heavy (non-hydrogen) atoms. The largest absolute Gasteiger partial charge is 0.497 e. The number of hydrogen-bond donors (Lipinski definition) is 1. The van der Waals surface area contributed by atoms with Gasteiger partial charge < -0.3 is 9.72 Å². The maximum Gasteiger partial charge on any atom is 0.269 e. The first-order valence-electron chi connectivity index (χ1n) is 7.57. The fraction of sp³-hybridized carbons (Fsp3) is 0.222. The van der Waals surface area contributed by atoms with E-state index in [9.17, 15) is 10.1 Å². The van der Waals surface area contributed by atoms with Crippen LogP contribution in [0.25, 0.3) is 10.9 Å². The number of methoxy groups -OCH3 is 1. The molecule has 0 fully saturated rings. The third kappa shape index (κ3) is 2.83. The third-order valence-electron chi connectivity index (χ3n) is 4.13. The van der Waals surface area contributed by atoms with Gasteiger partial charge in [-0.3, -0.25) is 15.0 Å². The van der Waals surface area contributed by atoms with Gasteiger partial charge in [0.15, 0.2) is 0 Å². The highest BCUT2D eigenvalue weighted by Gasteiger charge is 2.22. The summed E-state index contributed by atoms with van der Waals surface area (Å²) >= 11 is 0. The van der Waals surface area contributed by atoms with Crippen LogP contribution in [-0.4, -0.2) is 36.0 Å². The number of nitro groups is 1. The summed E-state index contributed by atoms with van der Waals surface area (Å²) < 4.78 is 5.33. The molecule has 1 aromatic heterocycles. The molecule has 0 saturated carbocycles. The van der Waals surface area contributed by atoms with Crippen molar-refractivity contribution >= 4 is 16.6 Å². The number of benzene rings is 2. The number of non-ortho nitro benzene ring substituents is 1. The van der Waals surface area contributed by atoms with Gasteiger partial charge in [0.1, 0.15) is 5.75 Å². The molecule has 0 radical (unpaired) electrons. The van der Waals surface area contributed by atoms with Crippen LogP contribution in [0.4, 0.5) is 5.69 Å². The van der Waals surface area contributed by atoms with Crippen molar-refractivity contribution in [2.75, 3.05) is 21.2 Å². The number of nitrogens with zero attached hydrogens (tertiary/aromatic N) is 2. The quantitative estimate of drug-likeness (QED) is 0.573. The van der Waals surface area contributed by atoms with Crippen LogP contribution in [0.5, 0.6) is 5.75 Å². The standard InChI is InChI=1S/C18H19N3O3/c1-20(2)18(12-5-4-6-13(9-12)21(22)23)16-11-19-17-8-7-14(24-3)10-15(16)17/h4-11,18-19H,1-3H3. The van der Waals surface area contributed by atoms with Gasteiger partial charge in [-0.15, -0.1) is 0 Å². The number of ether oxygens (including phenoxy) is 1. The van der Waals surface area contributed by atoms with E-state index in [1.165, 1.54) is 6.07 Å². The number of aromatic nitrogens is 1. The maximum absolute atomic E-state index is 11.1. The molecule has 0 spiro atoms. The fourth-order valence-corrected chi connectivity index (χ4v) is 3.04. The summed E-state index contributed by atoms with van der Waals surface area (Å²) in [6.45, 7) is 0. The normalized spacial score (nSPS) is 12.5. The van der Waals surface area contributed by atoms with Gasteiger partial charge in [0.2, 0.25) is 0 Å². The summed E-state index contributed by atoms with van der Waals surface area (Å²) in [5, 5.41) is 12.1. The lowest BCUT2D eigenvalue weighted by Gasteiger charge is -2.24. The summed E-state index contributed by atoms with van der Waals surface area (Å²) in [5.74, 6) is 0.778. The first kappa shape index (κ1) is 16.0. The Morgan fingerprint density at radius 2 is 2.00 bits per heavy atom. The fourth-order valence-electron chi connectivity index (χ4n) is 3.04. The Balaban J connectivity index is 2.15. The minimum atomic E-state index is -0.367. The van der Waals surface area contributed by atoms with Crippen LogP contribution in [0.15, 0.2) is 48.7 Å². The van der Waals surface area contributed by atoms with Gasteiger partial charge in [0.25, 0.3) is 5.69 Å². The second kappa shape index (κ2) is 6.33. The van der Waals surface area contributed by atoms with Crippen molar-refractivity contribution < 1.29 is 9.66 Å². The zero-order valence-electron chi connectivity index (χ0n) is 13.8. The van der Waals surface area contributed by atoms with Crippen LogP contribution in [0, 0.1) is 10.1 Å². The molecule has 0 amide bonds. The van der Waals surface area contributed by atoms with E-state index < -0.39 is 0 Å². The Labute approximate surface area is 139 Å². The highest BCUT2D eigenvalue weighted by Crippen LogP contribution is 2.35. The number of aromatic amines is 1. The van der Waals surface area contributed by atoms with Gasteiger partial charge in [0.05, 0.1) is 18.1 Å². The monoisotopic (exact) mass is 325 g/mol. The zero-order chi connectivity index (χ0) is 17.3. The lowest BCUT2D eigenvalue weighted by Crippen LogP contribution is -2.21. The Morgan fingerprint density at radius 3 is 2.67 bits per heavy atom. The average Bonchev–Trinajstić information content (AvgIpc) is 2.98. The highest BCUT2D eigenvalue weighted by molar-refractivity contribution is 5.85. The molecule has 1 heterocycles. The molecule has 2 aromatic carbocycles. The van der Waals surface area contributed by atoms with Crippen LogP contribution < -0.4 is 4.74 Å². The molecule has 6 nitrogen and oxygen atoms in total. The van der Waals surface area contributed by atoms with Crippen LogP contribution in [0.1, 0.15) is 17.2 Å². The van der Waals surface area contributed by atoms with E-state index in [1.54, 1.807) is 19.2 Å². The molecule has 1 unspecified atom stereocenters. The van der Waals surface area contributed by atoms with Crippen molar-refractivity contribution in [2.45, 2.75) is 6.04 Å². The van der Waals surface area contributed by atoms with Crippen LogP contribution in [-0.2, 0) is 0 Å². The van der Waals surface area contributed by atoms with Crippen LogP contribution >= 0.6 is 0 Å². The molecule has 1 N–H and O–H groups in total. The molecular formula is C18H19N3O3. The second-order valence-electron chi connectivity index (χ2n) is 5.87. The van der Waals surface area contributed by atoms with Gasteiger partial charge in [0, 0.05) is 29.2 Å². The molecule has 3 aromatic rings. The Hall–Kier alpha value is -2.86. The minimum Gasteiger partial charge on any atom is -0.497 e. The number of rotatable bonds is 5. The number of nitrogens with one attached hydrogen (secondary N) is 1. The first-order chi connectivity index (χ1) is 11.5. The van der Waals surface area contributed by atoms with Crippen molar-refractivity contribution in [3.8, 4) is 5.75 Å². The Kier molecular flexibility index (Phi) is 4.22. The van der Waals surface area contributed by atoms with E-state index in [4.69, 9.17) is 4.74 Å². The average molecular weight is 325 g/mol. The van der Waals surface area contributed by atoms with Crippen LogP contribution in [0.3, 0.4) is 0 Å². The lowest BCUT2D eigenvalue weighted by molar-refractivity contribution is -0.384. The van der Waals surface area contributed by atoms with Gasteiger partial charge in [-0.25, -0.2) is 0 Å². The first-order valence-corrected chi connectivity index (χ1v) is 7.57. The van der Waals surface area contributed by atoms with Gasteiger partial charge in [-0.2, -0.15) is 0 Å². The summed E-state index contributed by atoms with van der Waals surface area (Å²) in [6.07, 6.45) is 1.95. The summed E-state index contributed by atoms with van der Waals surface area (Å²) in [7, 11) is 5.56. The highest BCUT2D eigenvalue weighted by atomic mass is 16.6. The summed E-state index contributed by atoms with van der Waals surface area (Å²) in [6, 6.07) is 12.5. The molecule has 6 heteroatoms. The molecular weight excluding hydrogens is 306 g/mol. The van der Waals surface area contributed by atoms with Crippen LogP contribution in [0.2, 0.25) is 0 Å². The molecule has 124 valence electrons. The zero-order valence-corrected chi connectivity index (χ0v) is 13.8. The number of nitro benzene ring substituents is 1. The molecule has 0 aliphatic heterocycles. The van der Waals surface area contributed by atoms with E-state index >= 15 is 0 Å². The van der Waals surface area contributed by atoms with E-state index in [2.05, 4.69) is 4.98 Å². The lowest BCUT2D eigenvalue weighted by atomic mass is 9.96. The molecule has 0 saturated heterocycles. The Bertz CT molecular complexity index is 886. The van der Waals surface area contributed by atoms with Crippen molar-refractivity contribution in [1.82, 2.24) is 9.88 Å². The second-order valence-corrected chi connectivity index (χ2v) is 5.87. The van der Waals surface area contributed by atoms with E-state index in [0.29, 0.717) is 0 Å². The summed E-state index contributed by atoms with van der Waals surface area (Å²) in [5.41, 5.74) is 3.02. The molecule has 0 aliphatic rings. The predicted molar refractivity (Wildman–Crippen MR) is 93.5 cm³/mol.